The number of halogens is 1. The molecule has 3 rings (SSSR count). The van der Waals surface area contributed by atoms with Gasteiger partial charge in [0.05, 0.1) is 10.7 Å². The van der Waals surface area contributed by atoms with Gasteiger partial charge in [-0.15, -0.1) is 0 Å². The van der Waals surface area contributed by atoms with Gasteiger partial charge in [0.1, 0.15) is 29.3 Å². The van der Waals surface area contributed by atoms with Crippen LogP contribution in [0.15, 0.2) is 22.7 Å². The van der Waals surface area contributed by atoms with E-state index in [1.54, 1.807) is 17.9 Å². The third kappa shape index (κ3) is 4.93. The van der Waals surface area contributed by atoms with Crippen molar-refractivity contribution in [1.82, 2.24) is 10.1 Å². The number of hydrogen-bond acceptors (Lipinski definition) is 5. The molecule has 1 aliphatic rings. The first-order valence-corrected chi connectivity index (χ1v) is 10.4. The molecule has 0 spiro atoms. The van der Waals surface area contributed by atoms with Crippen molar-refractivity contribution < 1.29 is 19.2 Å². The molecule has 0 radical (unpaired) electrons. The number of amides is 1. The predicted octanol–water partition coefficient (Wildman–Crippen LogP) is 4.50. The van der Waals surface area contributed by atoms with E-state index in [4.69, 9.17) is 20.9 Å². The van der Waals surface area contributed by atoms with Crippen LogP contribution in [-0.2, 0) is 0 Å². The van der Waals surface area contributed by atoms with E-state index in [1.165, 1.54) is 0 Å². The average Bonchev–Trinajstić information content (AvgIpc) is 2.95. The zero-order valence-electron chi connectivity index (χ0n) is 17.5. The Morgan fingerprint density at radius 3 is 2.83 bits per heavy atom. The standard InChI is InChI=1S/C22H29ClN2O4/c1-14(2)20-19(16(4)29-24-20)21(26)25-10-5-8-22(27,9-11-25)13-28-18-12-15(3)6-7-17(18)23/h6-7,12,14,27H,5,8-11,13H2,1-4H3. The fourth-order valence-electron chi connectivity index (χ4n) is 3.66. The molecule has 1 amide bonds. The van der Waals surface area contributed by atoms with Crippen LogP contribution in [0.1, 0.15) is 66.4 Å². The van der Waals surface area contributed by atoms with Gasteiger partial charge >= 0.3 is 0 Å². The molecule has 6 nitrogen and oxygen atoms in total. The smallest absolute Gasteiger partial charge is 0.259 e. The molecule has 1 aliphatic heterocycles. The zero-order chi connectivity index (χ0) is 21.2. The second-order valence-corrected chi connectivity index (χ2v) is 8.65. The largest absolute Gasteiger partial charge is 0.489 e. The topological polar surface area (TPSA) is 75.8 Å². The fraction of sp³-hybridized carbons (Fsp3) is 0.545. The third-order valence-corrected chi connectivity index (χ3v) is 5.75. The van der Waals surface area contributed by atoms with Gasteiger partial charge in [0.25, 0.3) is 5.91 Å². The van der Waals surface area contributed by atoms with Gasteiger partial charge < -0.3 is 19.3 Å². The Hall–Kier alpha value is -2.05. The summed E-state index contributed by atoms with van der Waals surface area (Å²) in [6.07, 6.45) is 1.68. The van der Waals surface area contributed by atoms with Crippen LogP contribution in [0, 0.1) is 13.8 Å². The highest BCUT2D eigenvalue weighted by molar-refractivity contribution is 6.32. The molecule has 2 aromatic rings. The van der Waals surface area contributed by atoms with Crippen LogP contribution in [0.25, 0.3) is 0 Å². The summed E-state index contributed by atoms with van der Waals surface area (Å²) in [5.74, 6) is 1.12. The highest BCUT2D eigenvalue weighted by Crippen LogP contribution is 2.30. The number of aliphatic hydroxyl groups is 1. The third-order valence-electron chi connectivity index (χ3n) is 5.44. The molecular weight excluding hydrogens is 392 g/mol. The molecule has 0 aliphatic carbocycles. The number of carbonyl (C=O) groups excluding carboxylic acids is 1. The van der Waals surface area contributed by atoms with E-state index < -0.39 is 5.60 Å². The average molecular weight is 421 g/mol. The first kappa shape index (κ1) is 21.7. The number of hydrogen-bond donors (Lipinski definition) is 1. The maximum absolute atomic E-state index is 13.1. The van der Waals surface area contributed by atoms with Gasteiger partial charge in [-0.05, 0) is 56.7 Å². The van der Waals surface area contributed by atoms with Crippen molar-refractivity contribution in [2.45, 2.75) is 58.5 Å². The van der Waals surface area contributed by atoms with Gasteiger partial charge in [0.15, 0.2) is 0 Å². The highest BCUT2D eigenvalue weighted by atomic mass is 35.5. The quantitative estimate of drug-likeness (QED) is 0.770. The molecular formula is C22H29ClN2O4. The van der Waals surface area contributed by atoms with Gasteiger partial charge in [0.2, 0.25) is 0 Å². The van der Waals surface area contributed by atoms with E-state index in [9.17, 15) is 9.90 Å². The summed E-state index contributed by atoms with van der Waals surface area (Å²) in [6, 6.07) is 5.56. The Morgan fingerprint density at radius 1 is 1.34 bits per heavy atom. The minimum absolute atomic E-state index is 0.0839. The number of ether oxygens (including phenoxy) is 1. The van der Waals surface area contributed by atoms with Crippen LogP contribution < -0.4 is 4.74 Å². The van der Waals surface area contributed by atoms with E-state index in [0.29, 0.717) is 60.1 Å². The van der Waals surface area contributed by atoms with Crippen molar-refractivity contribution in [3.8, 4) is 5.75 Å². The van der Waals surface area contributed by atoms with Crippen molar-refractivity contribution in [3.63, 3.8) is 0 Å². The first-order chi connectivity index (χ1) is 13.7. The zero-order valence-corrected chi connectivity index (χ0v) is 18.3. The molecule has 0 bridgehead atoms. The molecule has 1 aromatic carbocycles. The second kappa shape index (κ2) is 8.76. The Kier molecular flexibility index (Phi) is 6.54. The van der Waals surface area contributed by atoms with Crippen LogP contribution >= 0.6 is 11.6 Å². The molecule has 1 fully saturated rings. The van der Waals surface area contributed by atoms with E-state index >= 15 is 0 Å². The van der Waals surface area contributed by atoms with Gasteiger partial charge in [-0.1, -0.05) is 36.7 Å². The minimum atomic E-state index is -1.01. The predicted molar refractivity (Wildman–Crippen MR) is 112 cm³/mol. The number of carbonyl (C=O) groups is 1. The Labute approximate surface area is 176 Å². The number of likely N-dealkylation sites (tertiary alicyclic amines) is 1. The van der Waals surface area contributed by atoms with Crippen LogP contribution in [-0.4, -0.2) is 46.4 Å². The SMILES string of the molecule is Cc1ccc(Cl)c(OCC2(O)CCCN(C(=O)c3c(C(C)C)noc3C)CC2)c1. The lowest BCUT2D eigenvalue weighted by Crippen LogP contribution is -2.38. The fourth-order valence-corrected chi connectivity index (χ4v) is 3.83. The summed E-state index contributed by atoms with van der Waals surface area (Å²) < 4.78 is 11.1. The Balaban J connectivity index is 1.67. The molecule has 158 valence electrons. The first-order valence-electron chi connectivity index (χ1n) is 10.1. The molecule has 29 heavy (non-hydrogen) atoms. The summed E-state index contributed by atoms with van der Waals surface area (Å²) >= 11 is 6.19. The summed E-state index contributed by atoms with van der Waals surface area (Å²) in [7, 11) is 0. The van der Waals surface area contributed by atoms with E-state index in [-0.39, 0.29) is 18.4 Å². The molecule has 0 saturated carbocycles. The van der Waals surface area contributed by atoms with Gasteiger partial charge in [0, 0.05) is 13.1 Å². The molecule has 1 saturated heterocycles. The van der Waals surface area contributed by atoms with Crippen molar-refractivity contribution in [1.29, 1.82) is 0 Å². The van der Waals surface area contributed by atoms with Gasteiger partial charge in [-0.25, -0.2) is 0 Å². The van der Waals surface area contributed by atoms with Crippen LogP contribution in [0.4, 0.5) is 0 Å². The monoisotopic (exact) mass is 420 g/mol. The Morgan fingerprint density at radius 2 is 2.10 bits per heavy atom. The lowest BCUT2D eigenvalue weighted by molar-refractivity contribution is -0.0163. The number of aryl methyl sites for hydroxylation is 2. The maximum atomic E-state index is 13.1. The Bertz CT molecular complexity index is 880. The van der Waals surface area contributed by atoms with E-state index in [1.807, 2.05) is 32.9 Å². The summed E-state index contributed by atoms with van der Waals surface area (Å²) in [5, 5.41) is 15.6. The molecule has 1 unspecified atom stereocenters. The van der Waals surface area contributed by atoms with Crippen molar-refractivity contribution in [2.24, 2.45) is 0 Å². The minimum Gasteiger partial charge on any atom is -0.489 e. The van der Waals surface area contributed by atoms with Gasteiger partial charge in [-0.2, -0.15) is 0 Å². The van der Waals surface area contributed by atoms with E-state index in [2.05, 4.69) is 5.16 Å². The normalized spacial score (nSPS) is 20.0. The van der Waals surface area contributed by atoms with Crippen molar-refractivity contribution in [2.75, 3.05) is 19.7 Å². The maximum Gasteiger partial charge on any atom is 0.259 e. The van der Waals surface area contributed by atoms with Gasteiger partial charge in [-0.3, -0.25) is 4.79 Å². The summed E-state index contributed by atoms with van der Waals surface area (Å²) in [4.78, 5) is 14.9. The molecule has 1 N–H and O–H groups in total. The molecule has 2 heterocycles. The van der Waals surface area contributed by atoms with Crippen LogP contribution in [0.2, 0.25) is 5.02 Å². The van der Waals surface area contributed by atoms with E-state index in [0.717, 1.165) is 5.56 Å². The highest BCUT2D eigenvalue weighted by Gasteiger charge is 2.34. The number of aromatic nitrogens is 1. The number of nitrogens with zero attached hydrogens (tertiary/aromatic N) is 2. The molecule has 7 heteroatoms. The number of rotatable bonds is 5. The van der Waals surface area contributed by atoms with Crippen molar-refractivity contribution >= 4 is 17.5 Å². The summed E-state index contributed by atoms with van der Waals surface area (Å²) in [6.45, 7) is 8.87. The lowest BCUT2D eigenvalue weighted by atomic mass is 9.96. The lowest BCUT2D eigenvalue weighted by Gasteiger charge is -2.27. The van der Waals surface area contributed by atoms with Crippen LogP contribution in [0.3, 0.4) is 0 Å². The molecule has 1 aromatic heterocycles. The number of benzene rings is 1. The molecule has 1 atom stereocenters. The van der Waals surface area contributed by atoms with Crippen molar-refractivity contribution in [3.05, 3.63) is 45.8 Å². The summed E-state index contributed by atoms with van der Waals surface area (Å²) in [5.41, 5.74) is 1.27. The van der Waals surface area contributed by atoms with Crippen LogP contribution in [0.5, 0.6) is 5.75 Å². The second-order valence-electron chi connectivity index (χ2n) is 8.25.